The van der Waals surface area contributed by atoms with Gasteiger partial charge >= 0.3 is 23.8 Å². The lowest BCUT2D eigenvalue weighted by molar-refractivity contribution is -0.147. The maximum atomic E-state index is 13.4. The van der Waals surface area contributed by atoms with Crippen LogP contribution in [-0.4, -0.2) is 47.4 Å². The fourth-order valence-corrected chi connectivity index (χ4v) is 3.74. The third-order valence-corrected chi connectivity index (χ3v) is 5.60. The second kappa shape index (κ2) is 11.0. The number of hydrogen-bond acceptors (Lipinski definition) is 10. The normalized spacial score (nSPS) is 17.2. The zero-order valence-electron chi connectivity index (χ0n) is 19.4. The van der Waals surface area contributed by atoms with Gasteiger partial charge in [-0.3, -0.25) is 9.59 Å². The van der Waals surface area contributed by atoms with Crippen LogP contribution < -0.4 is 20.1 Å². The predicted molar refractivity (Wildman–Crippen MR) is 121 cm³/mol. The van der Waals surface area contributed by atoms with Crippen molar-refractivity contribution in [1.82, 2.24) is 15.2 Å². The molecular weight excluding hydrogens is 480 g/mol. The van der Waals surface area contributed by atoms with Crippen LogP contribution >= 0.6 is 0 Å². The van der Waals surface area contributed by atoms with E-state index in [-0.39, 0.29) is 47.0 Å². The molecule has 190 valence electrons. The van der Waals surface area contributed by atoms with Crippen LogP contribution in [0.2, 0.25) is 0 Å². The Kier molecular flexibility index (Phi) is 7.56. The summed E-state index contributed by atoms with van der Waals surface area (Å²) >= 11 is 0. The van der Waals surface area contributed by atoms with Crippen molar-refractivity contribution in [3.8, 4) is 11.6 Å². The molecule has 0 saturated heterocycles. The van der Waals surface area contributed by atoms with Gasteiger partial charge in [0.1, 0.15) is 17.5 Å². The molecule has 0 radical (unpaired) electrons. The highest BCUT2D eigenvalue weighted by molar-refractivity contribution is 6.01. The first-order valence-corrected chi connectivity index (χ1v) is 11.0. The van der Waals surface area contributed by atoms with Crippen LogP contribution in [0.25, 0.3) is 0 Å². The summed E-state index contributed by atoms with van der Waals surface area (Å²) in [5.41, 5.74) is 0.391. The van der Waals surface area contributed by atoms with Crippen molar-refractivity contribution >= 4 is 29.3 Å². The molecule has 2 aromatic heterocycles. The van der Waals surface area contributed by atoms with Crippen molar-refractivity contribution < 1.29 is 37.0 Å². The Morgan fingerprint density at radius 3 is 2.53 bits per heavy atom. The highest BCUT2D eigenvalue weighted by Crippen LogP contribution is 2.31. The number of benzene rings is 1. The molecule has 1 saturated carbocycles. The molecule has 13 heteroatoms. The van der Waals surface area contributed by atoms with Gasteiger partial charge < -0.3 is 29.3 Å². The smallest absolute Gasteiger partial charge is 0.320 e. The lowest BCUT2D eigenvalue weighted by Gasteiger charge is -2.27. The van der Waals surface area contributed by atoms with E-state index in [4.69, 9.17) is 18.6 Å². The molecule has 11 nitrogen and oxygen atoms in total. The topological polar surface area (TPSA) is 138 Å². The van der Waals surface area contributed by atoms with E-state index >= 15 is 0 Å². The van der Waals surface area contributed by atoms with Crippen LogP contribution in [0.15, 0.2) is 34.9 Å². The number of methoxy groups -OCH3 is 2. The van der Waals surface area contributed by atoms with E-state index in [1.165, 1.54) is 32.5 Å². The lowest BCUT2D eigenvalue weighted by Crippen LogP contribution is -2.28. The summed E-state index contributed by atoms with van der Waals surface area (Å²) in [6.45, 7) is 0. The molecule has 0 unspecified atom stereocenters. The highest BCUT2D eigenvalue weighted by atomic mass is 19.2. The number of nitrogens with zero attached hydrogens (tertiary/aromatic N) is 3. The first kappa shape index (κ1) is 24.8. The number of amides is 1. The van der Waals surface area contributed by atoms with E-state index in [1.807, 2.05) is 0 Å². The number of ether oxygens (including phenoxy) is 3. The van der Waals surface area contributed by atoms with Crippen molar-refractivity contribution in [2.45, 2.75) is 31.8 Å². The minimum absolute atomic E-state index is 0.109. The summed E-state index contributed by atoms with van der Waals surface area (Å²) in [5, 5.41) is 12.5. The van der Waals surface area contributed by atoms with Crippen LogP contribution in [0.5, 0.6) is 11.6 Å². The van der Waals surface area contributed by atoms with Gasteiger partial charge in [0.15, 0.2) is 11.6 Å². The van der Waals surface area contributed by atoms with E-state index in [0.29, 0.717) is 31.6 Å². The van der Waals surface area contributed by atoms with Crippen molar-refractivity contribution in [1.29, 1.82) is 0 Å². The number of pyridine rings is 1. The van der Waals surface area contributed by atoms with E-state index in [9.17, 15) is 18.4 Å². The molecular formula is C23H23F2N5O6. The Morgan fingerprint density at radius 2 is 1.83 bits per heavy atom. The summed E-state index contributed by atoms with van der Waals surface area (Å²) < 4.78 is 47.7. The number of carbonyl (C=O) groups is 2. The van der Waals surface area contributed by atoms with Gasteiger partial charge in [0, 0.05) is 17.8 Å². The summed E-state index contributed by atoms with van der Waals surface area (Å²) in [5.74, 6) is -2.91. The van der Waals surface area contributed by atoms with Crippen LogP contribution in [0, 0.1) is 17.6 Å². The van der Waals surface area contributed by atoms with Crippen molar-refractivity contribution in [3.05, 3.63) is 48.0 Å². The molecule has 1 aliphatic carbocycles. The number of esters is 1. The van der Waals surface area contributed by atoms with E-state index in [0.717, 1.165) is 12.1 Å². The number of halogens is 2. The van der Waals surface area contributed by atoms with Gasteiger partial charge in [-0.05, 0) is 37.8 Å². The van der Waals surface area contributed by atoms with Crippen LogP contribution in [-0.2, 0) is 9.53 Å². The molecule has 1 amide bonds. The Balaban J connectivity index is 1.36. The van der Waals surface area contributed by atoms with E-state index in [1.54, 1.807) is 0 Å². The van der Waals surface area contributed by atoms with Gasteiger partial charge in [0.2, 0.25) is 5.88 Å². The zero-order valence-corrected chi connectivity index (χ0v) is 19.4. The first-order valence-electron chi connectivity index (χ1n) is 11.0. The lowest BCUT2D eigenvalue weighted by atomic mass is 9.87. The van der Waals surface area contributed by atoms with Gasteiger partial charge in [0.25, 0.3) is 0 Å². The van der Waals surface area contributed by atoms with Crippen LogP contribution in [0.3, 0.4) is 0 Å². The molecule has 0 spiro atoms. The number of hydrogen-bond donors (Lipinski definition) is 2. The van der Waals surface area contributed by atoms with Crippen LogP contribution in [0.4, 0.5) is 26.2 Å². The van der Waals surface area contributed by atoms with E-state index in [2.05, 4.69) is 25.8 Å². The number of aromatic nitrogens is 3. The maximum Gasteiger partial charge on any atom is 0.320 e. The Bertz CT molecular complexity index is 1250. The van der Waals surface area contributed by atoms with Crippen molar-refractivity contribution in [2.24, 2.45) is 5.92 Å². The average Bonchev–Trinajstić information content (AvgIpc) is 3.35. The molecule has 2 N–H and O–H groups in total. The van der Waals surface area contributed by atoms with Crippen molar-refractivity contribution in [3.63, 3.8) is 0 Å². The summed E-state index contributed by atoms with van der Waals surface area (Å²) in [6.07, 6.45) is 3.95. The fraction of sp³-hybridized carbons (Fsp3) is 0.348. The molecule has 4 rings (SSSR count). The summed E-state index contributed by atoms with van der Waals surface area (Å²) in [7, 11) is 2.80. The SMILES string of the molecule is COc1cc(O[C@H]2CC[C@H](C(=O)OC)CC2)ncc1NC(=O)c1nnc(Nc2ccc(F)c(F)c2)o1. The van der Waals surface area contributed by atoms with Crippen LogP contribution in [0.1, 0.15) is 36.4 Å². The second-order valence-electron chi connectivity index (χ2n) is 7.96. The largest absolute Gasteiger partial charge is 0.494 e. The minimum Gasteiger partial charge on any atom is -0.494 e. The molecule has 36 heavy (non-hydrogen) atoms. The summed E-state index contributed by atoms with van der Waals surface area (Å²) in [6, 6.07) is 4.45. The van der Waals surface area contributed by atoms with Gasteiger partial charge in [-0.2, -0.15) is 0 Å². The van der Waals surface area contributed by atoms with Crippen molar-refractivity contribution in [2.75, 3.05) is 24.9 Å². The second-order valence-corrected chi connectivity index (χ2v) is 7.96. The molecule has 2 heterocycles. The Hall–Kier alpha value is -4.29. The zero-order chi connectivity index (χ0) is 25.7. The fourth-order valence-electron chi connectivity index (χ4n) is 3.74. The number of anilines is 3. The molecule has 1 fully saturated rings. The molecule has 1 aliphatic rings. The van der Waals surface area contributed by atoms with Gasteiger partial charge in [-0.25, -0.2) is 13.8 Å². The number of carbonyl (C=O) groups excluding carboxylic acids is 2. The third-order valence-electron chi connectivity index (χ3n) is 5.60. The molecule has 3 aromatic rings. The van der Waals surface area contributed by atoms with Gasteiger partial charge in [-0.15, -0.1) is 5.10 Å². The number of nitrogens with one attached hydrogen (secondary N) is 2. The third kappa shape index (κ3) is 5.85. The van der Waals surface area contributed by atoms with Gasteiger partial charge in [-0.1, -0.05) is 5.10 Å². The Morgan fingerprint density at radius 1 is 1.06 bits per heavy atom. The minimum atomic E-state index is -1.06. The maximum absolute atomic E-state index is 13.4. The summed E-state index contributed by atoms with van der Waals surface area (Å²) in [4.78, 5) is 28.5. The van der Waals surface area contributed by atoms with E-state index < -0.39 is 17.5 Å². The molecule has 0 aliphatic heterocycles. The van der Waals surface area contributed by atoms with Gasteiger partial charge in [0.05, 0.1) is 26.3 Å². The monoisotopic (exact) mass is 503 g/mol. The molecule has 1 aromatic carbocycles. The first-order chi connectivity index (χ1) is 17.4. The standard InChI is InChI=1S/C23H23F2N5O6/c1-33-18-10-19(35-14-6-3-12(4-7-14)22(32)34-2)26-11-17(18)28-20(31)21-29-30-23(36-21)27-13-5-8-15(24)16(25)9-13/h5,8-12,14H,3-4,6-7H2,1-2H3,(H,27,30)(H,28,31)/t12-,14-. The Labute approximate surface area is 204 Å². The molecule has 0 atom stereocenters. The number of rotatable bonds is 8. The quantitative estimate of drug-likeness (QED) is 0.436. The highest BCUT2D eigenvalue weighted by Gasteiger charge is 2.28. The predicted octanol–water partition coefficient (Wildman–Crippen LogP) is 3.86. The molecule has 0 bridgehead atoms. The average molecular weight is 503 g/mol.